The maximum atomic E-state index is 13.3. The summed E-state index contributed by atoms with van der Waals surface area (Å²) in [7, 11) is 0. The fourth-order valence-electron chi connectivity index (χ4n) is 3.61. The van der Waals surface area contributed by atoms with Crippen LogP contribution in [-0.2, 0) is 0 Å². The standard InChI is InChI=1S/C22H19N5O3S/c28-20(17-7-3-14-31-17)25-18-15-5-1-2-6-16(15)30-19(18)21(29)26-10-12-27(13-11-26)22-23-8-4-9-24-22/h1-9,14H,10-13H2,(H,25,28). The van der Waals surface area contributed by atoms with E-state index in [1.165, 1.54) is 11.3 Å². The Balaban J connectivity index is 1.39. The zero-order valence-corrected chi connectivity index (χ0v) is 17.3. The van der Waals surface area contributed by atoms with Crippen molar-refractivity contribution in [3.05, 3.63) is 70.9 Å². The van der Waals surface area contributed by atoms with Gasteiger partial charge in [-0.3, -0.25) is 9.59 Å². The van der Waals surface area contributed by atoms with Crippen LogP contribution in [0, 0.1) is 0 Å². The average Bonchev–Trinajstić information content (AvgIpc) is 3.48. The predicted molar refractivity (Wildman–Crippen MR) is 119 cm³/mol. The van der Waals surface area contributed by atoms with E-state index in [1.807, 2.05) is 34.5 Å². The summed E-state index contributed by atoms with van der Waals surface area (Å²) in [5, 5.41) is 5.43. The van der Waals surface area contributed by atoms with Crippen molar-refractivity contribution in [3.8, 4) is 0 Å². The highest BCUT2D eigenvalue weighted by molar-refractivity contribution is 7.12. The number of rotatable bonds is 4. The van der Waals surface area contributed by atoms with Crippen molar-refractivity contribution in [2.75, 3.05) is 36.4 Å². The van der Waals surface area contributed by atoms with Crippen molar-refractivity contribution in [1.82, 2.24) is 14.9 Å². The summed E-state index contributed by atoms with van der Waals surface area (Å²) in [5.41, 5.74) is 0.969. The third kappa shape index (κ3) is 3.75. The molecule has 1 aliphatic heterocycles. The lowest BCUT2D eigenvalue weighted by Gasteiger charge is -2.34. The summed E-state index contributed by atoms with van der Waals surface area (Å²) in [6, 6.07) is 12.7. The number of hydrogen-bond acceptors (Lipinski definition) is 7. The van der Waals surface area contributed by atoms with E-state index in [1.54, 1.807) is 35.5 Å². The molecule has 0 aliphatic carbocycles. The Morgan fingerprint density at radius 1 is 0.968 bits per heavy atom. The summed E-state index contributed by atoms with van der Waals surface area (Å²) >= 11 is 1.34. The molecule has 3 aromatic heterocycles. The van der Waals surface area contributed by atoms with Crippen LogP contribution in [0.4, 0.5) is 11.6 Å². The van der Waals surface area contributed by atoms with Crippen molar-refractivity contribution in [2.45, 2.75) is 0 Å². The second-order valence-electron chi connectivity index (χ2n) is 7.06. The number of benzene rings is 1. The van der Waals surface area contributed by atoms with Crippen LogP contribution in [0.1, 0.15) is 20.2 Å². The molecular weight excluding hydrogens is 414 g/mol. The molecule has 156 valence electrons. The van der Waals surface area contributed by atoms with Crippen LogP contribution >= 0.6 is 11.3 Å². The Morgan fingerprint density at radius 2 is 1.74 bits per heavy atom. The SMILES string of the molecule is O=C(Nc1c(C(=O)N2CCN(c3ncccn3)CC2)oc2ccccc12)c1cccs1. The van der Waals surface area contributed by atoms with Gasteiger partial charge in [0, 0.05) is 44.0 Å². The zero-order chi connectivity index (χ0) is 21.2. The van der Waals surface area contributed by atoms with Gasteiger partial charge in [0.2, 0.25) is 11.7 Å². The summed E-state index contributed by atoms with van der Waals surface area (Å²) in [6.07, 6.45) is 3.41. The van der Waals surface area contributed by atoms with Gasteiger partial charge in [-0.25, -0.2) is 9.97 Å². The van der Waals surface area contributed by atoms with Crippen LogP contribution in [0.5, 0.6) is 0 Å². The van der Waals surface area contributed by atoms with E-state index in [0.29, 0.717) is 53.7 Å². The van der Waals surface area contributed by atoms with Crippen molar-refractivity contribution in [3.63, 3.8) is 0 Å². The molecule has 1 N–H and O–H groups in total. The summed E-state index contributed by atoms with van der Waals surface area (Å²) < 4.78 is 5.90. The summed E-state index contributed by atoms with van der Waals surface area (Å²) in [4.78, 5) is 38.9. The van der Waals surface area contributed by atoms with Gasteiger partial charge in [0.05, 0.1) is 4.88 Å². The molecule has 2 amide bonds. The Labute approximate surface area is 182 Å². The number of fused-ring (bicyclic) bond motifs is 1. The number of hydrogen-bond donors (Lipinski definition) is 1. The highest BCUT2D eigenvalue weighted by atomic mass is 32.1. The zero-order valence-electron chi connectivity index (χ0n) is 16.5. The number of carbonyl (C=O) groups is 2. The second kappa shape index (κ2) is 8.19. The first-order chi connectivity index (χ1) is 15.2. The molecule has 5 rings (SSSR count). The Hall–Kier alpha value is -3.72. The van der Waals surface area contributed by atoms with E-state index in [9.17, 15) is 9.59 Å². The molecule has 1 fully saturated rings. The van der Waals surface area contributed by atoms with Crippen LogP contribution in [0.3, 0.4) is 0 Å². The molecule has 1 saturated heterocycles. The minimum atomic E-state index is -0.262. The van der Waals surface area contributed by atoms with Gasteiger partial charge in [0.25, 0.3) is 11.8 Å². The van der Waals surface area contributed by atoms with Gasteiger partial charge in [0.1, 0.15) is 11.3 Å². The van der Waals surface area contributed by atoms with Crippen LogP contribution in [0.25, 0.3) is 11.0 Å². The third-order valence-corrected chi connectivity index (χ3v) is 6.04. The monoisotopic (exact) mass is 433 g/mol. The maximum Gasteiger partial charge on any atom is 0.291 e. The number of anilines is 2. The van der Waals surface area contributed by atoms with Gasteiger partial charge in [-0.1, -0.05) is 18.2 Å². The molecule has 0 radical (unpaired) electrons. The number of piperazine rings is 1. The maximum absolute atomic E-state index is 13.3. The number of para-hydroxylation sites is 1. The van der Waals surface area contributed by atoms with Crippen LogP contribution in [0.2, 0.25) is 0 Å². The van der Waals surface area contributed by atoms with E-state index in [4.69, 9.17) is 4.42 Å². The molecule has 0 saturated carbocycles. The molecule has 0 bridgehead atoms. The number of nitrogens with one attached hydrogen (secondary N) is 1. The number of amides is 2. The lowest BCUT2D eigenvalue weighted by atomic mass is 10.2. The Bertz CT molecular complexity index is 1210. The molecule has 0 unspecified atom stereocenters. The first-order valence-electron chi connectivity index (χ1n) is 9.88. The Morgan fingerprint density at radius 3 is 2.48 bits per heavy atom. The van der Waals surface area contributed by atoms with Gasteiger partial charge in [-0.2, -0.15) is 0 Å². The smallest absolute Gasteiger partial charge is 0.291 e. The van der Waals surface area contributed by atoms with Gasteiger partial charge in [0.15, 0.2) is 0 Å². The van der Waals surface area contributed by atoms with E-state index in [2.05, 4.69) is 15.3 Å². The van der Waals surface area contributed by atoms with Crippen molar-refractivity contribution in [2.24, 2.45) is 0 Å². The van der Waals surface area contributed by atoms with E-state index in [0.717, 1.165) is 0 Å². The first kappa shape index (κ1) is 19.3. The molecule has 9 heteroatoms. The normalized spacial score (nSPS) is 14.1. The van der Waals surface area contributed by atoms with Crippen LogP contribution in [0.15, 0.2) is 64.7 Å². The van der Waals surface area contributed by atoms with Crippen LogP contribution < -0.4 is 10.2 Å². The van der Waals surface area contributed by atoms with Crippen molar-refractivity contribution >= 4 is 45.8 Å². The quantitative estimate of drug-likeness (QED) is 0.530. The Kier molecular flexibility index (Phi) is 5.09. The van der Waals surface area contributed by atoms with Gasteiger partial charge in [-0.05, 0) is 29.6 Å². The topological polar surface area (TPSA) is 91.6 Å². The minimum Gasteiger partial charge on any atom is -0.449 e. The molecule has 4 aromatic rings. The highest BCUT2D eigenvalue weighted by Crippen LogP contribution is 2.32. The largest absolute Gasteiger partial charge is 0.449 e. The molecule has 1 aromatic carbocycles. The first-order valence-corrected chi connectivity index (χ1v) is 10.8. The van der Waals surface area contributed by atoms with E-state index in [-0.39, 0.29) is 17.6 Å². The fraction of sp³-hybridized carbons (Fsp3) is 0.182. The fourth-order valence-corrected chi connectivity index (χ4v) is 4.23. The lowest BCUT2D eigenvalue weighted by Crippen LogP contribution is -2.49. The van der Waals surface area contributed by atoms with E-state index >= 15 is 0 Å². The van der Waals surface area contributed by atoms with E-state index < -0.39 is 0 Å². The molecular formula is C22H19N5O3S. The number of aromatic nitrogens is 2. The lowest BCUT2D eigenvalue weighted by molar-refractivity contribution is 0.0718. The average molecular weight is 433 g/mol. The number of carbonyl (C=O) groups excluding carboxylic acids is 2. The molecule has 1 aliphatic rings. The van der Waals surface area contributed by atoms with Gasteiger partial charge < -0.3 is 19.5 Å². The molecule has 8 nitrogen and oxygen atoms in total. The predicted octanol–water partition coefficient (Wildman–Crippen LogP) is 3.50. The third-order valence-electron chi connectivity index (χ3n) is 5.18. The van der Waals surface area contributed by atoms with Gasteiger partial charge in [-0.15, -0.1) is 11.3 Å². The number of furan rings is 1. The van der Waals surface area contributed by atoms with Gasteiger partial charge >= 0.3 is 0 Å². The summed E-state index contributed by atoms with van der Waals surface area (Å²) in [6.45, 7) is 2.25. The van der Waals surface area contributed by atoms with Crippen molar-refractivity contribution in [1.29, 1.82) is 0 Å². The molecule has 31 heavy (non-hydrogen) atoms. The molecule has 0 atom stereocenters. The highest BCUT2D eigenvalue weighted by Gasteiger charge is 2.29. The van der Waals surface area contributed by atoms with Crippen LogP contribution in [-0.4, -0.2) is 52.9 Å². The molecule has 4 heterocycles. The van der Waals surface area contributed by atoms with Crippen molar-refractivity contribution < 1.29 is 14.0 Å². The summed E-state index contributed by atoms with van der Waals surface area (Å²) in [5.74, 6) is 0.297. The number of nitrogens with zero attached hydrogens (tertiary/aromatic N) is 4. The number of thiophene rings is 1. The molecule has 0 spiro atoms. The minimum absolute atomic E-state index is 0.149. The second-order valence-corrected chi connectivity index (χ2v) is 8.01.